The van der Waals surface area contributed by atoms with E-state index in [9.17, 15) is 8.60 Å². The Morgan fingerprint density at radius 1 is 1.21 bits per heavy atom. The molecule has 0 radical (unpaired) electrons. The Bertz CT molecular complexity index is 599. The van der Waals surface area contributed by atoms with Crippen LogP contribution < -0.4 is 10.5 Å². The van der Waals surface area contributed by atoms with E-state index in [-0.39, 0.29) is 5.69 Å². The maximum atomic E-state index is 13.3. The fourth-order valence-electron chi connectivity index (χ4n) is 1.61. The largest absolute Gasteiger partial charge is 0.497 e. The average molecular weight is 279 g/mol. The molecule has 2 aromatic carbocycles. The molecule has 0 aromatic heterocycles. The van der Waals surface area contributed by atoms with Crippen LogP contribution in [0.4, 0.5) is 10.1 Å². The minimum atomic E-state index is -1.30. The third-order valence-electron chi connectivity index (χ3n) is 2.69. The molecule has 2 rings (SSSR count). The maximum Gasteiger partial charge on any atom is 0.147 e. The molecule has 0 amide bonds. The van der Waals surface area contributed by atoms with E-state index in [4.69, 9.17) is 10.5 Å². The Labute approximate surface area is 113 Å². The molecule has 0 spiro atoms. The Hall–Kier alpha value is -1.88. The molecule has 0 bridgehead atoms. The maximum absolute atomic E-state index is 13.3. The van der Waals surface area contributed by atoms with E-state index >= 15 is 0 Å². The summed E-state index contributed by atoms with van der Waals surface area (Å²) >= 11 is 0. The summed E-state index contributed by atoms with van der Waals surface area (Å²) in [5.74, 6) is 0.529. The van der Waals surface area contributed by atoms with Crippen LogP contribution in [0.3, 0.4) is 0 Å². The van der Waals surface area contributed by atoms with Gasteiger partial charge in [-0.15, -0.1) is 0 Å². The molecule has 3 nitrogen and oxygen atoms in total. The molecule has 0 saturated carbocycles. The molecule has 2 N–H and O–H groups in total. The zero-order chi connectivity index (χ0) is 13.8. The van der Waals surface area contributed by atoms with Gasteiger partial charge in [0, 0.05) is 4.90 Å². The van der Waals surface area contributed by atoms with Gasteiger partial charge in [0.15, 0.2) is 0 Å². The molecule has 2 aromatic rings. The van der Waals surface area contributed by atoms with Crippen molar-refractivity contribution in [3.05, 3.63) is 53.8 Å². The number of hydrogen-bond acceptors (Lipinski definition) is 3. The number of hydrogen-bond donors (Lipinski definition) is 1. The summed E-state index contributed by atoms with van der Waals surface area (Å²) in [6, 6.07) is 11.5. The zero-order valence-electron chi connectivity index (χ0n) is 10.4. The molecule has 19 heavy (non-hydrogen) atoms. The van der Waals surface area contributed by atoms with Crippen molar-refractivity contribution in [2.24, 2.45) is 0 Å². The van der Waals surface area contributed by atoms with Gasteiger partial charge in [0.2, 0.25) is 0 Å². The van der Waals surface area contributed by atoms with Crippen molar-refractivity contribution < 1.29 is 13.3 Å². The SMILES string of the molecule is COc1ccc(CS(=O)c2ccc(N)c(F)c2)cc1. The quantitative estimate of drug-likeness (QED) is 0.875. The van der Waals surface area contributed by atoms with Crippen LogP contribution in [0.1, 0.15) is 5.56 Å². The summed E-state index contributed by atoms with van der Waals surface area (Å²) in [5.41, 5.74) is 6.35. The fraction of sp³-hybridized carbons (Fsp3) is 0.143. The molecule has 1 unspecified atom stereocenters. The highest BCUT2D eigenvalue weighted by atomic mass is 32.2. The summed E-state index contributed by atoms with van der Waals surface area (Å²) < 4.78 is 30.5. The predicted octanol–water partition coefficient (Wildman–Crippen LogP) is 2.72. The molecule has 5 heteroatoms. The van der Waals surface area contributed by atoms with Gasteiger partial charge >= 0.3 is 0 Å². The molecule has 0 saturated heterocycles. The fourth-order valence-corrected chi connectivity index (χ4v) is 2.72. The van der Waals surface area contributed by atoms with Gasteiger partial charge in [-0.2, -0.15) is 0 Å². The van der Waals surface area contributed by atoms with Crippen molar-refractivity contribution >= 4 is 16.5 Å². The highest BCUT2D eigenvalue weighted by Gasteiger charge is 2.08. The lowest BCUT2D eigenvalue weighted by Crippen LogP contribution is -1.99. The standard InChI is InChI=1S/C14H14FNO2S/c1-18-11-4-2-10(3-5-11)9-19(17)12-6-7-14(16)13(15)8-12/h2-8H,9,16H2,1H3. The second-order valence-corrected chi connectivity index (χ2v) is 5.47. The van der Waals surface area contributed by atoms with Crippen LogP contribution >= 0.6 is 0 Å². The van der Waals surface area contributed by atoms with E-state index < -0.39 is 16.6 Å². The van der Waals surface area contributed by atoms with Gasteiger partial charge in [-0.25, -0.2) is 4.39 Å². The van der Waals surface area contributed by atoms with E-state index in [0.29, 0.717) is 10.6 Å². The van der Waals surface area contributed by atoms with Crippen LogP contribution in [0, 0.1) is 5.82 Å². The molecular formula is C14H14FNO2S. The van der Waals surface area contributed by atoms with E-state index in [2.05, 4.69) is 0 Å². The number of benzene rings is 2. The summed E-state index contributed by atoms with van der Waals surface area (Å²) in [5, 5.41) is 0. The highest BCUT2D eigenvalue weighted by molar-refractivity contribution is 7.84. The Morgan fingerprint density at radius 3 is 2.47 bits per heavy atom. The van der Waals surface area contributed by atoms with Gasteiger partial charge in [-0.1, -0.05) is 12.1 Å². The molecule has 100 valence electrons. The summed E-state index contributed by atoms with van der Waals surface area (Å²) in [6.07, 6.45) is 0. The summed E-state index contributed by atoms with van der Waals surface area (Å²) in [6.45, 7) is 0. The molecule has 0 heterocycles. The highest BCUT2D eigenvalue weighted by Crippen LogP contribution is 2.19. The number of nitrogen functional groups attached to an aromatic ring is 1. The number of halogens is 1. The van der Waals surface area contributed by atoms with Crippen LogP contribution in [0.2, 0.25) is 0 Å². The Balaban J connectivity index is 2.13. The average Bonchev–Trinajstić information content (AvgIpc) is 2.42. The van der Waals surface area contributed by atoms with Crippen molar-refractivity contribution in [1.82, 2.24) is 0 Å². The lowest BCUT2D eigenvalue weighted by Gasteiger charge is -2.05. The van der Waals surface area contributed by atoms with Crippen molar-refractivity contribution in [1.29, 1.82) is 0 Å². The van der Waals surface area contributed by atoms with Crippen molar-refractivity contribution in [3.8, 4) is 5.75 Å². The molecular weight excluding hydrogens is 265 g/mol. The minimum Gasteiger partial charge on any atom is -0.497 e. The van der Waals surface area contributed by atoms with Crippen LogP contribution in [0.15, 0.2) is 47.4 Å². The van der Waals surface area contributed by atoms with Crippen LogP contribution in [0.25, 0.3) is 0 Å². The number of nitrogens with two attached hydrogens (primary N) is 1. The van der Waals surface area contributed by atoms with Crippen LogP contribution in [-0.2, 0) is 16.6 Å². The smallest absolute Gasteiger partial charge is 0.147 e. The first-order valence-electron chi connectivity index (χ1n) is 5.66. The molecule has 0 aliphatic rings. The van der Waals surface area contributed by atoms with E-state index in [1.54, 1.807) is 25.3 Å². The van der Waals surface area contributed by atoms with Crippen molar-refractivity contribution in [2.45, 2.75) is 10.6 Å². The van der Waals surface area contributed by atoms with Crippen LogP contribution in [-0.4, -0.2) is 11.3 Å². The lowest BCUT2D eigenvalue weighted by molar-refractivity contribution is 0.414. The zero-order valence-corrected chi connectivity index (χ0v) is 11.2. The Kier molecular flexibility index (Phi) is 4.16. The van der Waals surface area contributed by atoms with Gasteiger partial charge in [0.1, 0.15) is 11.6 Å². The number of ether oxygens (including phenoxy) is 1. The lowest BCUT2D eigenvalue weighted by atomic mass is 10.2. The van der Waals surface area contributed by atoms with Gasteiger partial charge < -0.3 is 10.5 Å². The summed E-state index contributed by atoms with van der Waals surface area (Å²) in [4.78, 5) is 0.433. The minimum absolute atomic E-state index is 0.0604. The third-order valence-corrected chi connectivity index (χ3v) is 4.07. The third kappa shape index (κ3) is 3.32. The molecule has 0 fully saturated rings. The molecule has 1 atom stereocenters. The second-order valence-electron chi connectivity index (χ2n) is 4.02. The van der Waals surface area contributed by atoms with E-state index in [0.717, 1.165) is 11.3 Å². The molecule has 0 aliphatic heterocycles. The van der Waals surface area contributed by atoms with Gasteiger partial charge in [-0.05, 0) is 35.9 Å². The first-order valence-corrected chi connectivity index (χ1v) is 6.98. The normalized spacial score (nSPS) is 12.1. The number of rotatable bonds is 4. The van der Waals surface area contributed by atoms with Gasteiger partial charge in [-0.3, -0.25) is 4.21 Å². The van der Waals surface area contributed by atoms with E-state index in [1.807, 2.05) is 12.1 Å². The predicted molar refractivity (Wildman–Crippen MR) is 73.9 cm³/mol. The Morgan fingerprint density at radius 2 is 1.89 bits per heavy atom. The van der Waals surface area contributed by atoms with E-state index in [1.165, 1.54) is 12.1 Å². The number of anilines is 1. The van der Waals surface area contributed by atoms with Crippen molar-refractivity contribution in [3.63, 3.8) is 0 Å². The number of methoxy groups -OCH3 is 1. The molecule has 0 aliphatic carbocycles. The van der Waals surface area contributed by atoms with Gasteiger partial charge in [0.25, 0.3) is 0 Å². The van der Waals surface area contributed by atoms with Gasteiger partial charge in [0.05, 0.1) is 29.3 Å². The topological polar surface area (TPSA) is 52.3 Å². The summed E-state index contributed by atoms with van der Waals surface area (Å²) in [7, 11) is 0.290. The van der Waals surface area contributed by atoms with Crippen LogP contribution in [0.5, 0.6) is 5.75 Å². The second kappa shape index (κ2) is 5.84. The first-order chi connectivity index (χ1) is 9.10. The first kappa shape index (κ1) is 13.5. The van der Waals surface area contributed by atoms with Crippen molar-refractivity contribution in [2.75, 3.05) is 12.8 Å². The monoisotopic (exact) mass is 279 g/mol.